The number of carbonyl (C=O) groups is 1. The highest BCUT2D eigenvalue weighted by atomic mass is 28.4. The Bertz CT molecular complexity index is 475. The van der Waals surface area contributed by atoms with Gasteiger partial charge in [-0.1, -0.05) is 37.3 Å². The van der Waals surface area contributed by atoms with E-state index in [9.17, 15) is 4.79 Å². The molecule has 0 bridgehead atoms. The summed E-state index contributed by atoms with van der Waals surface area (Å²) in [6, 6.07) is 10.0. The maximum Gasteiger partial charge on any atom is 0.298 e. The van der Waals surface area contributed by atoms with Gasteiger partial charge in [0.1, 0.15) is 0 Å². The predicted octanol–water partition coefficient (Wildman–Crippen LogP) is 4.98. The first-order chi connectivity index (χ1) is 10.0. The zero-order chi connectivity index (χ0) is 17.0. The van der Waals surface area contributed by atoms with E-state index >= 15 is 0 Å². The molecule has 0 radical (unpaired) electrons. The van der Waals surface area contributed by atoms with Crippen LogP contribution in [0.15, 0.2) is 30.3 Å². The van der Waals surface area contributed by atoms with Crippen molar-refractivity contribution in [2.75, 3.05) is 0 Å². The van der Waals surface area contributed by atoms with Crippen molar-refractivity contribution in [3.8, 4) is 0 Å². The van der Waals surface area contributed by atoms with Gasteiger partial charge in [-0.15, -0.1) is 0 Å². The van der Waals surface area contributed by atoms with Gasteiger partial charge in [0.15, 0.2) is 8.32 Å². The van der Waals surface area contributed by atoms with Gasteiger partial charge in [0.05, 0.1) is 12.0 Å². The second-order valence-electron chi connectivity index (χ2n) is 7.61. The maximum atomic E-state index is 12.6. The van der Waals surface area contributed by atoms with Gasteiger partial charge in [-0.3, -0.25) is 4.79 Å². The van der Waals surface area contributed by atoms with Crippen LogP contribution >= 0.6 is 0 Å². The molecule has 0 saturated carbocycles. The first-order valence-corrected chi connectivity index (χ1v) is 14.8. The molecule has 0 unspecified atom stereocenters. The van der Waals surface area contributed by atoms with E-state index in [-0.39, 0.29) is 18.0 Å². The van der Waals surface area contributed by atoms with Crippen LogP contribution in [0, 0.1) is 5.92 Å². The van der Waals surface area contributed by atoms with E-state index in [4.69, 9.17) is 8.85 Å². The Balaban J connectivity index is 3.09. The Morgan fingerprint density at radius 1 is 1.00 bits per heavy atom. The van der Waals surface area contributed by atoms with Gasteiger partial charge in [-0.05, 0) is 51.3 Å². The van der Waals surface area contributed by atoms with Gasteiger partial charge in [0, 0.05) is 0 Å². The fourth-order valence-corrected chi connectivity index (χ4v) is 4.10. The van der Waals surface area contributed by atoms with E-state index in [0.29, 0.717) is 6.42 Å². The van der Waals surface area contributed by atoms with Crippen molar-refractivity contribution >= 4 is 22.6 Å². The van der Waals surface area contributed by atoms with Crippen LogP contribution in [0.5, 0.6) is 0 Å². The fraction of sp³-hybridized carbons (Fsp3) is 0.588. The summed E-state index contributed by atoms with van der Waals surface area (Å²) in [7, 11) is -3.68. The summed E-state index contributed by atoms with van der Waals surface area (Å²) < 4.78 is 12.1. The van der Waals surface area contributed by atoms with Crippen LogP contribution in [0.1, 0.15) is 25.0 Å². The van der Waals surface area contributed by atoms with E-state index in [2.05, 4.69) is 19.6 Å². The summed E-state index contributed by atoms with van der Waals surface area (Å²) in [4.78, 5) is 12.6. The Kier molecular flexibility index (Phi) is 6.58. The van der Waals surface area contributed by atoms with Gasteiger partial charge in [0.25, 0.3) is 5.97 Å². The molecule has 3 nitrogen and oxygen atoms in total. The van der Waals surface area contributed by atoms with E-state index in [1.807, 2.05) is 56.9 Å². The molecule has 0 aromatic heterocycles. The van der Waals surface area contributed by atoms with Crippen LogP contribution in [-0.4, -0.2) is 22.6 Å². The van der Waals surface area contributed by atoms with Crippen molar-refractivity contribution < 1.29 is 13.6 Å². The molecule has 1 aromatic rings. The largest absolute Gasteiger partial charge is 0.520 e. The number of hydrogen-bond acceptors (Lipinski definition) is 3. The third kappa shape index (κ3) is 6.46. The van der Waals surface area contributed by atoms with Crippen LogP contribution in [0.25, 0.3) is 0 Å². The second-order valence-corrected chi connectivity index (χ2v) is 16.5. The zero-order valence-electron chi connectivity index (χ0n) is 15.0. The van der Waals surface area contributed by atoms with Crippen LogP contribution in [0.4, 0.5) is 0 Å². The minimum absolute atomic E-state index is 0.117. The average molecular weight is 339 g/mol. The van der Waals surface area contributed by atoms with Crippen molar-refractivity contribution in [1.29, 1.82) is 0 Å². The molecule has 5 heteroatoms. The molecule has 0 fully saturated rings. The lowest BCUT2D eigenvalue weighted by Gasteiger charge is -2.33. The molecule has 0 aliphatic heterocycles. The topological polar surface area (TPSA) is 35.5 Å². The molecule has 0 heterocycles. The molecule has 0 spiro atoms. The van der Waals surface area contributed by atoms with Gasteiger partial charge in [-0.2, -0.15) is 0 Å². The standard InChI is InChI=1S/C17H30O3Si2/c1-8-15(17(18)20-22(5,6)7)16(19-21(2,3)4)14-12-10-9-11-13-14/h9-13,15-16H,8H2,1-7H3/t15-,16-/m0/s1. The van der Waals surface area contributed by atoms with Crippen molar-refractivity contribution in [2.45, 2.75) is 58.7 Å². The number of rotatable bonds is 7. The highest BCUT2D eigenvalue weighted by Crippen LogP contribution is 2.33. The molecular weight excluding hydrogens is 308 g/mol. The van der Waals surface area contributed by atoms with Crippen LogP contribution in [-0.2, 0) is 13.6 Å². The Labute approximate surface area is 137 Å². The monoisotopic (exact) mass is 338 g/mol. The van der Waals surface area contributed by atoms with Crippen molar-refractivity contribution in [1.82, 2.24) is 0 Å². The molecule has 2 atom stereocenters. The van der Waals surface area contributed by atoms with E-state index in [1.165, 1.54) is 0 Å². The fourth-order valence-electron chi connectivity index (χ4n) is 2.29. The number of hydrogen-bond donors (Lipinski definition) is 0. The maximum absolute atomic E-state index is 12.6. The van der Waals surface area contributed by atoms with Crippen molar-refractivity contribution in [2.24, 2.45) is 5.92 Å². The summed E-state index contributed by atoms with van der Waals surface area (Å²) in [6.07, 6.45) is 0.495. The lowest BCUT2D eigenvalue weighted by atomic mass is 9.94. The third-order valence-corrected chi connectivity index (χ3v) is 4.90. The smallest absolute Gasteiger partial charge is 0.298 e. The SMILES string of the molecule is CC[C@H](C(=O)O[Si](C)(C)C)[C@@H](O[Si](C)(C)C)c1ccccc1. The summed E-state index contributed by atoms with van der Waals surface area (Å²) in [5, 5.41) is 0. The molecule has 22 heavy (non-hydrogen) atoms. The normalized spacial score (nSPS) is 15.2. The summed E-state index contributed by atoms with van der Waals surface area (Å²) in [5.41, 5.74) is 1.06. The molecular formula is C17H30O3Si2. The molecule has 0 amide bonds. The lowest BCUT2D eigenvalue weighted by Crippen LogP contribution is -2.38. The number of benzene rings is 1. The van der Waals surface area contributed by atoms with Gasteiger partial charge in [0.2, 0.25) is 8.32 Å². The number of carbonyl (C=O) groups excluding carboxylic acids is 1. The van der Waals surface area contributed by atoms with Gasteiger partial charge >= 0.3 is 0 Å². The third-order valence-electron chi connectivity index (χ3n) is 3.12. The van der Waals surface area contributed by atoms with Crippen LogP contribution in [0.2, 0.25) is 39.3 Å². The molecule has 1 aromatic carbocycles. The van der Waals surface area contributed by atoms with E-state index < -0.39 is 16.6 Å². The Morgan fingerprint density at radius 2 is 1.55 bits per heavy atom. The molecule has 0 aliphatic rings. The van der Waals surface area contributed by atoms with Crippen LogP contribution in [0.3, 0.4) is 0 Å². The lowest BCUT2D eigenvalue weighted by molar-refractivity contribution is -0.143. The van der Waals surface area contributed by atoms with E-state index in [0.717, 1.165) is 5.56 Å². The van der Waals surface area contributed by atoms with Gasteiger partial charge in [-0.25, -0.2) is 0 Å². The summed E-state index contributed by atoms with van der Waals surface area (Å²) in [6.45, 7) is 14.6. The quantitative estimate of drug-likeness (QED) is 0.657. The Hall–Kier alpha value is -0.916. The van der Waals surface area contributed by atoms with E-state index in [1.54, 1.807) is 0 Å². The molecule has 124 valence electrons. The molecule has 0 saturated heterocycles. The second kappa shape index (κ2) is 7.57. The van der Waals surface area contributed by atoms with Crippen molar-refractivity contribution in [3.63, 3.8) is 0 Å². The highest BCUT2D eigenvalue weighted by molar-refractivity contribution is 6.71. The minimum Gasteiger partial charge on any atom is -0.520 e. The molecule has 1 rings (SSSR count). The Morgan fingerprint density at radius 3 is 1.95 bits per heavy atom. The summed E-state index contributed by atoms with van der Waals surface area (Å²) >= 11 is 0. The molecule has 0 aliphatic carbocycles. The van der Waals surface area contributed by atoms with Gasteiger partial charge < -0.3 is 8.85 Å². The zero-order valence-corrected chi connectivity index (χ0v) is 17.0. The average Bonchev–Trinajstić information content (AvgIpc) is 2.36. The summed E-state index contributed by atoms with van der Waals surface area (Å²) in [5.74, 6) is -0.366. The molecule has 0 N–H and O–H groups in total. The first kappa shape index (κ1) is 19.1. The van der Waals surface area contributed by atoms with Crippen molar-refractivity contribution in [3.05, 3.63) is 35.9 Å². The highest BCUT2D eigenvalue weighted by Gasteiger charge is 2.35. The predicted molar refractivity (Wildman–Crippen MR) is 96.8 cm³/mol. The van der Waals surface area contributed by atoms with Crippen LogP contribution < -0.4 is 0 Å². The minimum atomic E-state index is -1.90. The first-order valence-electron chi connectivity index (χ1n) is 7.99.